The van der Waals surface area contributed by atoms with E-state index >= 15 is 0 Å². The number of nitrogens with one attached hydrogen (secondary N) is 2. The van der Waals surface area contributed by atoms with Gasteiger partial charge in [-0.3, -0.25) is 9.36 Å². The lowest BCUT2D eigenvalue weighted by Gasteiger charge is -2.19. The van der Waals surface area contributed by atoms with Crippen molar-refractivity contribution in [3.8, 4) is 5.82 Å². The molecule has 0 spiro atoms. The van der Waals surface area contributed by atoms with Gasteiger partial charge in [0.1, 0.15) is 23.8 Å². The van der Waals surface area contributed by atoms with Gasteiger partial charge in [-0.15, -0.1) is 0 Å². The van der Waals surface area contributed by atoms with Crippen LogP contribution in [0.5, 0.6) is 0 Å². The molecule has 0 radical (unpaired) electrons. The van der Waals surface area contributed by atoms with E-state index < -0.39 is 0 Å². The number of hydrogen-bond donors (Lipinski definition) is 2. The van der Waals surface area contributed by atoms with Crippen LogP contribution in [-0.4, -0.2) is 25.4 Å². The minimum atomic E-state index is -0.137. The third-order valence-electron chi connectivity index (χ3n) is 5.15. The van der Waals surface area contributed by atoms with Gasteiger partial charge in [-0.25, -0.2) is 15.0 Å². The van der Waals surface area contributed by atoms with Crippen molar-refractivity contribution in [2.75, 3.05) is 10.6 Å². The number of rotatable bonds is 5. The maximum absolute atomic E-state index is 12.6. The van der Waals surface area contributed by atoms with Gasteiger partial charge in [-0.05, 0) is 54.3 Å². The lowest BCUT2D eigenvalue weighted by atomic mass is 9.87. The molecule has 0 aliphatic rings. The summed E-state index contributed by atoms with van der Waals surface area (Å²) in [6.45, 7) is 8.37. The van der Waals surface area contributed by atoms with E-state index in [4.69, 9.17) is 0 Å². The van der Waals surface area contributed by atoms with Crippen LogP contribution in [0.3, 0.4) is 0 Å². The van der Waals surface area contributed by atoms with E-state index in [0.717, 1.165) is 23.0 Å². The summed E-state index contributed by atoms with van der Waals surface area (Å²) in [4.78, 5) is 25.4. The Hall–Kier alpha value is -4.00. The summed E-state index contributed by atoms with van der Waals surface area (Å²) in [5, 5.41) is 6.20. The van der Waals surface area contributed by atoms with Gasteiger partial charge in [-0.2, -0.15) is 0 Å². The summed E-state index contributed by atoms with van der Waals surface area (Å²) in [7, 11) is 0. The largest absolute Gasteiger partial charge is 0.340 e. The zero-order valence-corrected chi connectivity index (χ0v) is 18.6. The van der Waals surface area contributed by atoms with Crippen LogP contribution in [0.25, 0.3) is 5.82 Å². The van der Waals surface area contributed by atoms with Gasteiger partial charge in [0.25, 0.3) is 5.91 Å². The van der Waals surface area contributed by atoms with E-state index in [1.165, 1.54) is 11.9 Å². The number of carbonyl (C=O) groups excluding carboxylic acids is 1. The molecule has 2 aromatic carbocycles. The molecule has 0 saturated carbocycles. The predicted octanol–water partition coefficient (Wildman–Crippen LogP) is 5.26. The lowest BCUT2D eigenvalue weighted by molar-refractivity contribution is 0.102. The molecule has 0 bridgehead atoms. The molecule has 2 heterocycles. The first-order chi connectivity index (χ1) is 15.3. The minimum absolute atomic E-state index is 0.0554. The van der Waals surface area contributed by atoms with Crippen molar-refractivity contribution in [3.63, 3.8) is 0 Å². The molecule has 7 nitrogen and oxygen atoms in total. The number of aromatic nitrogens is 4. The van der Waals surface area contributed by atoms with Gasteiger partial charge in [0.15, 0.2) is 0 Å². The van der Waals surface area contributed by atoms with Crippen molar-refractivity contribution < 1.29 is 4.79 Å². The molecular weight excluding hydrogens is 400 g/mol. The van der Waals surface area contributed by atoms with Gasteiger partial charge >= 0.3 is 0 Å². The summed E-state index contributed by atoms with van der Waals surface area (Å²) >= 11 is 0. The van der Waals surface area contributed by atoms with E-state index in [1.54, 1.807) is 6.20 Å². The van der Waals surface area contributed by atoms with E-state index in [-0.39, 0.29) is 11.3 Å². The van der Waals surface area contributed by atoms with Crippen LogP contribution in [0, 0.1) is 6.92 Å². The standard InChI is InChI=1S/C25H26N6O/c1-17-26-13-14-31(17)23-15-22(27-16-28-23)29-20-9-11-21(12-10-20)30-24(32)18-5-7-19(8-6-18)25(2,3)4/h5-16H,1-4H3,(H,30,32)(H,27,28,29). The molecular formula is C25H26N6O. The zero-order valence-electron chi connectivity index (χ0n) is 18.6. The third-order valence-corrected chi connectivity index (χ3v) is 5.15. The van der Waals surface area contributed by atoms with Crippen molar-refractivity contribution in [3.05, 3.63) is 90.3 Å². The molecule has 32 heavy (non-hydrogen) atoms. The maximum Gasteiger partial charge on any atom is 0.255 e. The highest BCUT2D eigenvalue weighted by Gasteiger charge is 2.14. The fourth-order valence-electron chi connectivity index (χ4n) is 3.28. The number of aryl methyl sites for hydroxylation is 1. The van der Waals surface area contributed by atoms with Crippen LogP contribution >= 0.6 is 0 Å². The molecule has 0 atom stereocenters. The third kappa shape index (κ3) is 4.83. The first kappa shape index (κ1) is 21.2. The van der Waals surface area contributed by atoms with Crippen LogP contribution in [0.15, 0.2) is 73.3 Å². The Kier molecular flexibility index (Phi) is 5.73. The number of carbonyl (C=O) groups is 1. The molecule has 0 saturated heterocycles. The molecule has 4 aromatic rings. The molecule has 4 rings (SSSR count). The fourth-order valence-corrected chi connectivity index (χ4v) is 3.28. The fraction of sp³-hybridized carbons (Fsp3) is 0.200. The van der Waals surface area contributed by atoms with Gasteiger partial charge in [-0.1, -0.05) is 32.9 Å². The van der Waals surface area contributed by atoms with Crippen molar-refractivity contribution in [1.29, 1.82) is 0 Å². The van der Waals surface area contributed by atoms with Crippen LogP contribution < -0.4 is 10.6 Å². The highest BCUT2D eigenvalue weighted by molar-refractivity contribution is 6.04. The second-order valence-corrected chi connectivity index (χ2v) is 8.59. The second kappa shape index (κ2) is 8.63. The van der Waals surface area contributed by atoms with Crippen molar-refractivity contribution in [1.82, 2.24) is 19.5 Å². The molecule has 2 aromatic heterocycles. The average molecular weight is 427 g/mol. The Morgan fingerprint density at radius 2 is 1.59 bits per heavy atom. The number of amides is 1. The van der Waals surface area contributed by atoms with E-state index in [0.29, 0.717) is 11.4 Å². The minimum Gasteiger partial charge on any atom is -0.340 e. The molecule has 0 fully saturated rings. The van der Waals surface area contributed by atoms with Gasteiger partial charge in [0.05, 0.1) is 0 Å². The van der Waals surface area contributed by atoms with Crippen LogP contribution in [0.2, 0.25) is 0 Å². The molecule has 7 heteroatoms. The normalized spacial score (nSPS) is 11.2. The van der Waals surface area contributed by atoms with Crippen molar-refractivity contribution in [2.24, 2.45) is 0 Å². The monoisotopic (exact) mass is 426 g/mol. The highest BCUT2D eigenvalue weighted by atomic mass is 16.1. The Morgan fingerprint density at radius 1 is 0.906 bits per heavy atom. The summed E-state index contributed by atoms with van der Waals surface area (Å²) in [5.41, 5.74) is 3.45. The smallest absolute Gasteiger partial charge is 0.255 e. The first-order valence-corrected chi connectivity index (χ1v) is 10.4. The Morgan fingerprint density at radius 3 is 2.22 bits per heavy atom. The summed E-state index contributed by atoms with van der Waals surface area (Å²) in [6, 6.07) is 17.1. The first-order valence-electron chi connectivity index (χ1n) is 10.4. The average Bonchev–Trinajstić information content (AvgIpc) is 3.21. The molecule has 0 aliphatic heterocycles. The number of nitrogens with zero attached hydrogens (tertiary/aromatic N) is 4. The molecule has 162 valence electrons. The predicted molar refractivity (Wildman–Crippen MR) is 127 cm³/mol. The highest BCUT2D eigenvalue weighted by Crippen LogP contribution is 2.23. The summed E-state index contributed by atoms with van der Waals surface area (Å²) in [5.74, 6) is 2.11. The van der Waals surface area contributed by atoms with Crippen LogP contribution in [0.1, 0.15) is 42.5 Å². The molecule has 2 N–H and O–H groups in total. The SMILES string of the molecule is Cc1nccn1-c1cc(Nc2ccc(NC(=O)c3ccc(C(C)(C)C)cc3)cc2)ncn1. The molecule has 0 unspecified atom stereocenters. The Balaban J connectivity index is 1.41. The van der Waals surface area contributed by atoms with Crippen molar-refractivity contribution in [2.45, 2.75) is 33.1 Å². The topological polar surface area (TPSA) is 84.7 Å². The summed E-state index contributed by atoms with van der Waals surface area (Å²) in [6.07, 6.45) is 5.10. The van der Waals surface area contributed by atoms with Gasteiger partial charge in [0.2, 0.25) is 0 Å². The Labute approximate surface area is 187 Å². The number of imidazole rings is 1. The quantitative estimate of drug-likeness (QED) is 0.454. The zero-order chi connectivity index (χ0) is 22.7. The number of benzene rings is 2. The molecule has 1 amide bonds. The van der Waals surface area contributed by atoms with Crippen molar-refractivity contribution >= 4 is 23.1 Å². The van der Waals surface area contributed by atoms with E-state index in [1.807, 2.05) is 72.3 Å². The van der Waals surface area contributed by atoms with Gasteiger partial charge < -0.3 is 10.6 Å². The number of anilines is 3. The number of hydrogen-bond acceptors (Lipinski definition) is 5. The van der Waals surface area contributed by atoms with E-state index in [2.05, 4.69) is 46.4 Å². The Bertz CT molecular complexity index is 1220. The second-order valence-electron chi connectivity index (χ2n) is 8.59. The van der Waals surface area contributed by atoms with Crippen LogP contribution in [-0.2, 0) is 5.41 Å². The van der Waals surface area contributed by atoms with Gasteiger partial charge in [0, 0.05) is 35.4 Å². The maximum atomic E-state index is 12.6. The molecule has 0 aliphatic carbocycles. The van der Waals surface area contributed by atoms with E-state index in [9.17, 15) is 4.79 Å². The van der Waals surface area contributed by atoms with Crippen LogP contribution in [0.4, 0.5) is 17.2 Å². The lowest BCUT2D eigenvalue weighted by Crippen LogP contribution is -2.14. The summed E-state index contributed by atoms with van der Waals surface area (Å²) < 4.78 is 1.89.